The van der Waals surface area contributed by atoms with Crippen LogP contribution in [0.1, 0.15) is 105 Å². The Morgan fingerprint density at radius 3 is 1.85 bits per heavy atom. The zero-order valence-corrected chi connectivity index (χ0v) is 31.3. The normalized spacial score (nSPS) is 13.3. The molecular formula is C40H59F2N5. The van der Waals surface area contributed by atoms with Gasteiger partial charge in [-0.25, -0.2) is 8.78 Å². The molecule has 5 nitrogen and oxygen atoms in total. The molecule has 2 aromatic carbocycles. The van der Waals surface area contributed by atoms with Gasteiger partial charge in [0.2, 0.25) is 0 Å². The molecule has 0 unspecified atom stereocenters. The highest BCUT2D eigenvalue weighted by molar-refractivity contribution is 5.89. The Hall–Kier alpha value is -3.79. The van der Waals surface area contributed by atoms with Crippen molar-refractivity contribution < 1.29 is 8.78 Å². The van der Waals surface area contributed by atoms with E-state index in [1.54, 1.807) is 30.2 Å². The highest BCUT2D eigenvalue weighted by Crippen LogP contribution is 2.47. The van der Waals surface area contributed by atoms with Crippen LogP contribution in [0.4, 0.5) is 31.5 Å². The summed E-state index contributed by atoms with van der Waals surface area (Å²) in [6, 6.07) is 7.80. The molecule has 3 heterocycles. The molecule has 0 bridgehead atoms. The number of hydrogen-bond donors (Lipinski definition) is 0. The van der Waals surface area contributed by atoms with Crippen LogP contribution >= 0.6 is 0 Å². The molecule has 7 heteroatoms. The Morgan fingerprint density at radius 1 is 0.809 bits per heavy atom. The third-order valence-electron chi connectivity index (χ3n) is 6.90. The van der Waals surface area contributed by atoms with Crippen molar-refractivity contribution in [2.24, 2.45) is 24.8 Å². The van der Waals surface area contributed by atoms with Gasteiger partial charge in [0.15, 0.2) is 0 Å². The van der Waals surface area contributed by atoms with E-state index in [4.69, 9.17) is 0 Å². The van der Waals surface area contributed by atoms with Gasteiger partial charge in [0, 0.05) is 57.1 Å². The van der Waals surface area contributed by atoms with Crippen LogP contribution < -0.4 is 14.7 Å². The monoisotopic (exact) mass is 647 g/mol. The van der Waals surface area contributed by atoms with Gasteiger partial charge < -0.3 is 14.7 Å². The molecule has 0 spiro atoms. The molecule has 5 rings (SSSR count). The zero-order valence-electron chi connectivity index (χ0n) is 31.3. The minimum atomic E-state index is -2.60. The topological polar surface area (TPSA) is 27.5 Å². The van der Waals surface area contributed by atoms with E-state index in [2.05, 4.69) is 113 Å². The molecule has 0 saturated heterocycles. The van der Waals surface area contributed by atoms with Gasteiger partial charge in [0.1, 0.15) is 5.82 Å². The number of aromatic nitrogens is 2. The maximum Gasteiger partial charge on any atom is 0.264 e. The molecule has 0 saturated carbocycles. The van der Waals surface area contributed by atoms with E-state index in [0.29, 0.717) is 11.1 Å². The Kier molecular flexibility index (Phi) is 15.0. The first-order chi connectivity index (χ1) is 22.0. The fraction of sp³-hybridized carbons (Fsp3) is 0.525. The van der Waals surface area contributed by atoms with Gasteiger partial charge >= 0.3 is 0 Å². The average Bonchev–Trinajstić information content (AvgIpc) is 3.50. The van der Waals surface area contributed by atoms with E-state index in [1.165, 1.54) is 0 Å². The number of benzene rings is 2. The zero-order chi connectivity index (χ0) is 35.6. The number of alkyl halides is 2. The number of fused-ring (bicyclic) bond motifs is 2. The van der Waals surface area contributed by atoms with Gasteiger partial charge in [-0.2, -0.15) is 5.10 Å². The van der Waals surface area contributed by atoms with E-state index >= 15 is 0 Å². The number of halogens is 2. The summed E-state index contributed by atoms with van der Waals surface area (Å²) in [5.74, 6) is 9.90. The van der Waals surface area contributed by atoms with Gasteiger partial charge in [0.05, 0.1) is 28.8 Å². The lowest BCUT2D eigenvalue weighted by atomic mass is 9.92. The first-order valence-corrected chi connectivity index (χ1v) is 17.0. The maximum absolute atomic E-state index is 14.3. The van der Waals surface area contributed by atoms with Crippen molar-refractivity contribution in [3.63, 3.8) is 0 Å². The van der Waals surface area contributed by atoms with Crippen LogP contribution in [0.2, 0.25) is 0 Å². The first kappa shape index (κ1) is 39.4. The summed E-state index contributed by atoms with van der Waals surface area (Å²) in [5.41, 5.74) is 7.07. The molecule has 47 heavy (non-hydrogen) atoms. The van der Waals surface area contributed by atoms with E-state index in [0.717, 1.165) is 83.3 Å². The highest BCUT2D eigenvalue weighted by atomic mass is 19.3. The fourth-order valence-corrected chi connectivity index (χ4v) is 5.00. The fourth-order valence-electron chi connectivity index (χ4n) is 5.00. The summed E-state index contributed by atoms with van der Waals surface area (Å²) < 4.78 is 30.2. The molecule has 3 aromatic rings. The second-order valence-corrected chi connectivity index (χ2v) is 14.3. The molecule has 2 aliphatic heterocycles. The quantitative estimate of drug-likeness (QED) is 0.264. The second-order valence-electron chi connectivity index (χ2n) is 14.3. The van der Waals surface area contributed by atoms with Gasteiger partial charge in [-0.05, 0) is 66.0 Å². The van der Waals surface area contributed by atoms with Crippen LogP contribution in [0.3, 0.4) is 0 Å². The van der Waals surface area contributed by atoms with E-state index < -0.39 is 6.43 Å². The maximum atomic E-state index is 14.3. The summed E-state index contributed by atoms with van der Waals surface area (Å²) >= 11 is 0. The molecule has 0 N–H and O–H groups in total. The Bertz CT molecular complexity index is 1500. The van der Waals surface area contributed by atoms with Crippen LogP contribution in [0.25, 0.3) is 11.1 Å². The number of anilines is 4. The minimum Gasteiger partial charge on any atom is -0.340 e. The van der Waals surface area contributed by atoms with Crippen molar-refractivity contribution in [3.05, 3.63) is 65.7 Å². The lowest BCUT2D eigenvalue weighted by Crippen LogP contribution is -2.26. The summed E-state index contributed by atoms with van der Waals surface area (Å²) in [7, 11) is 5.78. The predicted octanol–water partition coefficient (Wildman–Crippen LogP) is 11.2. The van der Waals surface area contributed by atoms with E-state index in [-0.39, 0.29) is 5.56 Å². The van der Waals surface area contributed by atoms with Gasteiger partial charge in [-0.3, -0.25) is 4.68 Å². The number of nitrogens with zero attached hydrogens (tertiary/aromatic N) is 5. The van der Waals surface area contributed by atoms with Crippen molar-refractivity contribution in [1.82, 2.24) is 9.78 Å². The lowest BCUT2D eigenvalue weighted by molar-refractivity contribution is 0.152. The Morgan fingerprint density at radius 2 is 1.36 bits per heavy atom. The van der Waals surface area contributed by atoms with Crippen molar-refractivity contribution in [3.8, 4) is 23.0 Å². The molecule has 0 radical (unpaired) electrons. The molecule has 0 atom stereocenters. The number of rotatable bonds is 3. The third kappa shape index (κ3) is 10.9. The molecule has 258 valence electrons. The lowest BCUT2D eigenvalue weighted by Gasteiger charge is -2.34. The van der Waals surface area contributed by atoms with Crippen LogP contribution in [0.5, 0.6) is 0 Å². The minimum absolute atomic E-state index is 0.0243. The highest BCUT2D eigenvalue weighted by Gasteiger charge is 2.30. The van der Waals surface area contributed by atoms with Crippen LogP contribution in [0, 0.1) is 29.6 Å². The third-order valence-corrected chi connectivity index (χ3v) is 6.90. The molecular weight excluding hydrogens is 588 g/mol. The van der Waals surface area contributed by atoms with Crippen LogP contribution in [0.15, 0.2) is 49.1 Å². The first-order valence-electron chi connectivity index (χ1n) is 17.0. The van der Waals surface area contributed by atoms with Gasteiger partial charge in [-0.15, -0.1) is 0 Å². The second kappa shape index (κ2) is 17.9. The summed E-state index contributed by atoms with van der Waals surface area (Å²) in [5, 5.41) is 4.19. The Balaban J connectivity index is 0.000000553. The number of aryl methyl sites for hydroxylation is 2. The SMILES string of the molecule is C=C1N(C)c2cc(C#CCC)c(N3CCCc4cc(-c5cnn(C)c5)c(C(F)F)cc43)cc2N1C.CC(C)C.CC(C)C.CC(C)C. The van der Waals surface area contributed by atoms with E-state index in [1.807, 2.05) is 27.1 Å². The smallest absolute Gasteiger partial charge is 0.264 e. The van der Waals surface area contributed by atoms with Crippen molar-refractivity contribution >= 4 is 22.7 Å². The van der Waals surface area contributed by atoms with E-state index in [9.17, 15) is 8.78 Å². The average molecular weight is 648 g/mol. The summed E-state index contributed by atoms with van der Waals surface area (Å²) in [6.07, 6.45) is 3.33. The predicted molar refractivity (Wildman–Crippen MR) is 200 cm³/mol. The molecule has 0 fully saturated rings. The summed E-state index contributed by atoms with van der Waals surface area (Å²) in [4.78, 5) is 6.26. The van der Waals surface area contributed by atoms with Crippen molar-refractivity contribution in [2.45, 2.75) is 94.9 Å². The molecule has 0 aliphatic carbocycles. The van der Waals surface area contributed by atoms with Crippen LogP contribution in [-0.2, 0) is 13.5 Å². The van der Waals surface area contributed by atoms with Crippen LogP contribution in [-0.4, -0.2) is 30.4 Å². The molecule has 2 aliphatic rings. The Labute approximate surface area is 284 Å². The van der Waals surface area contributed by atoms with Gasteiger partial charge in [0.25, 0.3) is 6.43 Å². The van der Waals surface area contributed by atoms with Gasteiger partial charge in [-0.1, -0.05) is 87.7 Å². The standard InChI is InChI=1S/C28H29F2N5.3C4H10/c1-6-7-9-20-13-26-27(34(5)18(2)33(26)4)15-25(20)35-11-8-10-19-12-22(21-16-31-32(3)17-21)23(28(29)30)14-24(19)35;3*1-4(2)3/h12-17,28H,2,6,8,10-11H2,1,3-5H3;3*4H,1-3H3. The number of hydrogen-bond acceptors (Lipinski definition) is 4. The van der Waals surface area contributed by atoms with Crippen molar-refractivity contribution in [1.29, 1.82) is 0 Å². The molecule has 0 amide bonds. The van der Waals surface area contributed by atoms with Crippen molar-refractivity contribution in [2.75, 3.05) is 35.3 Å². The largest absolute Gasteiger partial charge is 0.340 e. The summed E-state index contributed by atoms with van der Waals surface area (Å²) in [6.45, 7) is 26.4. The molecule has 1 aromatic heterocycles.